The van der Waals surface area contributed by atoms with E-state index in [1.165, 1.54) is 22.8 Å². The van der Waals surface area contributed by atoms with Crippen molar-refractivity contribution in [1.29, 1.82) is 0 Å². The fourth-order valence-electron chi connectivity index (χ4n) is 3.03. The Kier molecular flexibility index (Phi) is 5.69. The highest BCUT2D eigenvalue weighted by Crippen LogP contribution is 2.20. The minimum absolute atomic E-state index is 0.000754. The van der Waals surface area contributed by atoms with Crippen molar-refractivity contribution in [2.75, 3.05) is 6.61 Å². The Balaban J connectivity index is 2.08. The van der Waals surface area contributed by atoms with E-state index in [1.54, 1.807) is 30.3 Å². The van der Waals surface area contributed by atoms with Gasteiger partial charge in [0, 0.05) is 12.1 Å². The highest BCUT2D eigenvalue weighted by molar-refractivity contribution is 5.96. The lowest BCUT2D eigenvalue weighted by Crippen LogP contribution is -2.41. The summed E-state index contributed by atoms with van der Waals surface area (Å²) >= 11 is 0. The first-order valence-corrected chi connectivity index (χ1v) is 8.73. The van der Waals surface area contributed by atoms with Crippen LogP contribution < -0.4 is 11.2 Å². The summed E-state index contributed by atoms with van der Waals surface area (Å²) < 4.78 is 39.7. The Morgan fingerprint density at radius 1 is 0.966 bits per heavy atom. The van der Waals surface area contributed by atoms with E-state index in [1.807, 2.05) is 0 Å². The Labute approximate surface area is 162 Å². The lowest BCUT2D eigenvalue weighted by Gasteiger charge is -2.15. The Hall–Kier alpha value is -3.20. The van der Waals surface area contributed by atoms with Crippen molar-refractivity contribution in [3.05, 3.63) is 80.5 Å². The van der Waals surface area contributed by atoms with Crippen LogP contribution in [-0.2, 0) is 13.1 Å². The second-order valence-electron chi connectivity index (χ2n) is 6.49. The topological polar surface area (TPSA) is 81.3 Å². The van der Waals surface area contributed by atoms with E-state index in [0.29, 0.717) is 21.2 Å². The number of carbonyl (C=O) groups excluding carboxylic acids is 1. The van der Waals surface area contributed by atoms with Crippen LogP contribution in [0.2, 0.25) is 0 Å². The molecule has 29 heavy (non-hydrogen) atoms. The van der Waals surface area contributed by atoms with Crippen LogP contribution in [0.3, 0.4) is 0 Å². The Bertz CT molecular complexity index is 1160. The maximum atomic E-state index is 12.8. The number of nitrogens with zero attached hydrogens (tertiary/aromatic N) is 2. The predicted octanol–water partition coefficient (Wildman–Crippen LogP) is 2.34. The maximum absolute atomic E-state index is 12.8. The van der Waals surface area contributed by atoms with Crippen molar-refractivity contribution in [1.82, 2.24) is 9.13 Å². The molecule has 1 aromatic heterocycles. The second-order valence-corrected chi connectivity index (χ2v) is 6.49. The van der Waals surface area contributed by atoms with Crippen molar-refractivity contribution in [2.45, 2.75) is 25.7 Å². The van der Waals surface area contributed by atoms with Crippen LogP contribution in [0.15, 0.2) is 58.1 Å². The fourth-order valence-corrected chi connectivity index (χ4v) is 3.03. The zero-order valence-electron chi connectivity index (χ0n) is 15.1. The number of hydrogen-bond acceptors (Lipinski definition) is 4. The van der Waals surface area contributed by atoms with Gasteiger partial charge in [-0.3, -0.25) is 18.7 Å². The third kappa shape index (κ3) is 4.45. The number of alkyl halides is 3. The Morgan fingerprint density at radius 3 is 2.24 bits per heavy atom. The maximum Gasteiger partial charge on any atom is 0.390 e. The molecule has 0 spiro atoms. The van der Waals surface area contributed by atoms with Gasteiger partial charge in [0.2, 0.25) is 0 Å². The third-order valence-corrected chi connectivity index (χ3v) is 4.51. The first-order valence-electron chi connectivity index (χ1n) is 8.73. The molecule has 2 aromatic carbocycles. The first kappa shape index (κ1) is 20.5. The number of para-hydroxylation sites is 1. The number of halogens is 3. The summed E-state index contributed by atoms with van der Waals surface area (Å²) in [4.78, 5) is 36.9. The van der Waals surface area contributed by atoms with Gasteiger partial charge in [0.05, 0.1) is 23.9 Å². The smallest absolute Gasteiger partial charge is 0.388 e. The number of carbonyl (C=O) groups is 1. The van der Waals surface area contributed by atoms with Gasteiger partial charge in [-0.2, -0.15) is 13.2 Å². The van der Waals surface area contributed by atoms with E-state index in [0.717, 1.165) is 0 Å². The van der Waals surface area contributed by atoms with E-state index in [2.05, 4.69) is 0 Å². The Morgan fingerprint density at radius 2 is 1.62 bits per heavy atom. The molecule has 3 rings (SSSR count). The molecule has 0 fully saturated rings. The summed E-state index contributed by atoms with van der Waals surface area (Å²) in [7, 11) is 0. The van der Waals surface area contributed by atoms with Gasteiger partial charge in [-0.15, -0.1) is 0 Å². The largest absolute Gasteiger partial charge is 0.390 e. The van der Waals surface area contributed by atoms with Gasteiger partial charge in [0.1, 0.15) is 6.61 Å². The van der Waals surface area contributed by atoms with Gasteiger partial charge in [0.25, 0.3) is 5.56 Å². The van der Waals surface area contributed by atoms with Crippen LogP contribution in [-0.4, -0.2) is 32.8 Å². The molecule has 0 atom stereocenters. The summed E-state index contributed by atoms with van der Waals surface area (Å²) in [6, 6.07) is 12.3. The van der Waals surface area contributed by atoms with Crippen molar-refractivity contribution < 1.29 is 23.1 Å². The molecule has 0 amide bonds. The van der Waals surface area contributed by atoms with Gasteiger partial charge in [-0.05, 0) is 17.7 Å². The van der Waals surface area contributed by atoms with Crippen LogP contribution in [0.5, 0.6) is 0 Å². The highest BCUT2D eigenvalue weighted by Gasteiger charge is 2.28. The number of benzene rings is 2. The lowest BCUT2D eigenvalue weighted by molar-refractivity contribution is -0.137. The number of Topliss-reactive ketones (excluding diaryl/α,β-unsaturated/α-hetero) is 1. The van der Waals surface area contributed by atoms with Crippen LogP contribution in [0.25, 0.3) is 10.9 Å². The third-order valence-electron chi connectivity index (χ3n) is 4.51. The molecular weight excluding hydrogens is 389 g/mol. The molecule has 1 heterocycles. The molecule has 0 aliphatic carbocycles. The molecule has 0 radical (unpaired) electrons. The summed E-state index contributed by atoms with van der Waals surface area (Å²) in [5.41, 5.74) is -0.402. The molecule has 0 saturated heterocycles. The molecule has 1 N–H and O–H groups in total. The number of aliphatic hydroxyl groups is 1. The highest BCUT2D eigenvalue weighted by atomic mass is 19.4. The minimum atomic E-state index is -4.50. The normalized spacial score (nSPS) is 11.7. The van der Waals surface area contributed by atoms with Crippen molar-refractivity contribution in [3.8, 4) is 0 Å². The van der Waals surface area contributed by atoms with Crippen molar-refractivity contribution in [3.63, 3.8) is 0 Å². The van der Waals surface area contributed by atoms with Crippen LogP contribution in [0.4, 0.5) is 13.2 Å². The molecule has 0 saturated carbocycles. The first-order chi connectivity index (χ1) is 13.7. The second kappa shape index (κ2) is 8.04. The quantitative estimate of drug-likeness (QED) is 0.638. The predicted molar refractivity (Wildman–Crippen MR) is 100 cm³/mol. The van der Waals surface area contributed by atoms with Gasteiger partial charge >= 0.3 is 11.9 Å². The van der Waals surface area contributed by atoms with Crippen LogP contribution in [0, 0.1) is 0 Å². The van der Waals surface area contributed by atoms with Crippen molar-refractivity contribution in [2.24, 2.45) is 0 Å². The lowest BCUT2D eigenvalue weighted by atomic mass is 10.1. The molecule has 0 aliphatic rings. The number of aromatic nitrogens is 2. The zero-order chi connectivity index (χ0) is 21.2. The van der Waals surface area contributed by atoms with Gasteiger partial charge in [-0.1, -0.05) is 36.4 Å². The standard InChI is InChI=1S/C20H17F3N2O4/c21-20(22,23)9-10-24-18(28)15-3-1-2-4-16(15)25(19(24)29)11-13-5-7-14(8-6-13)17(27)12-26/h1-8,26H,9-12H2. The summed E-state index contributed by atoms with van der Waals surface area (Å²) in [5.74, 6) is -0.458. The number of hydrogen-bond donors (Lipinski definition) is 1. The average molecular weight is 406 g/mol. The van der Waals surface area contributed by atoms with E-state index in [9.17, 15) is 27.6 Å². The summed E-state index contributed by atoms with van der Waals surface area (Å²) in [6.07, 6.45) is -5.80. The molecule has 0 bridgehead atoms. The zero-order valence-corrected chi connectivity index (χ0v) is 15.1. The SMILES string of the molecule is O=C(CO)c1ccc(Cn2c(=O)n(CCC(F)(F)F)c(=O)c3ccccc32)cc1. The summed E-state index contributed by atoms with van der Waals surface area (Å²) in [6.45, 7) is -1.40. The van der Waals surface area contributed by atoms with E-state index in [-0.39, 0.29) is 11.9 Å². The van der Waals surface area contributed by atoms with E-state index < -0.39 is 42.8 Å². The van der Waals surface area contributed by atoms with Gasteiger partial charge in [-0.25, -0.2) is 4.79 Å². The monoisotopic (exact) mass is 406 g/mol. The molecule has 9 heteroatoms. The number of rotatable bonds is 6. The van der Waals surface area contributed by atoms with Crippen LogP contribution in [0.1, 0.15) is 22.3 Å². The van der Waals surface area contributed by atoms with Gasteiger partial charge < -0.3 is 5.11 Å². The van der Waals surface area contributed by atoms with E-state index in [4.69, 9.17) is 5.11 Å². The fraction of sp³-hybridized carbons (Fsp3) is 0.250. The average Bonchev–Trinajstić information content (AvgIpc) is 2.70. The number of ketones is 1. The van der Waals surface area contributed by atoms with Crippen LogP contribution >= 0.6 is 0 Å². The molecule has 152 valence electrons. The summed E-state index contributed by atoms with van der Waals surface area (Å²) in [5, 5.41) is 9.04. The van der Waals surface area contributed by atoms with Crippen molar-refractivity contribution >= 4 is 16.7 Å². The van der Waals surface area contributed by atoms with Gasteiger partial charge in [0.15, 0.2) is 5.78 Å². The molecule has 6 nitrogen and oxygen atoms in total. The molecule has 0 unspecified atom stereocenters. The van der Waals surface area contributed by atoms with E-state index >= 15 is 0 Å². The molecule has 3 aromatic rings. The minimum Gasteiger partial charge on any atom is -0.388 e. The molecule has 0 aliphatic heterocycles. The molecular formula is C20H17F3N2O4. The number of fused-ring (bicyclic) bond motifs is 1. The number of aliphatic hydroxyl groups excluding tert-OH is 1.